The molecule has 98 valence electrons. The standard InChI is InChI=1S/C13H18ClN3O/c1-17(2)8-7-16-13(18)6-4-10-3-5-11(14)12(15)9-10/h3-6,9H,7-8,15H2,1-2H3,(H,16,18)/b6-4+. The highest BCUT2D eigenvalue weighted by atomic mass is 35.5. The highest BCUT2D eigenvalue weighted by Crippen LogP contribution is 2.19. The number of nitrogen functional groups attached to an aromatic ring is 1. The third kappa shape index (κ3) is 5.21. The quantitative estimate of drug-likeness (QED) is 0.630. The number of carbonyl (C=O) groups excluding carboxylic acids is 1. The fourth-order valence-electron chi connectivity index (χ4n) is 1.30. The minimum absolute atomic E-state index is 0.120. The van der Waals surface area contributed by atoms with Crippen LogP contribution in [0.15, 0.2) is 24.3 Å². The van der Waals surface area contributed by atoms with Gasteiger partial charge in [-0.2, -0.15) is 0 Å². The van der Waals surface area contributed by atoms with E-state index in [1.807, 2.05) is 25.1 Å². The molecule has 0 aliphatic heterocycles. The van der Waals surface area contributed by atoms with Crippen LogP contribution in [0.2, 0.25) is 5.02 Å². The van der Waals surface area contributed by atoms with Gasteiger partial charge in [0.2, 0.25) is 5.91 Å². The molecule has 0 saturated carbocycles. The van der Waals surface area contributed by atoms with Crippen LogP contribution in [-0.4, -0.2) is 38.0 Å². The van der Waals surface area contributed by atoms with Gasteiger partial charge in [0.1, 0.15) is 0 Å². The third-order valence-corrected chi connectivity index (χ3v) is 2.65. The van der Waals surface area contributed by atoms with Gasteiger partial charge in [-0.3, -0.25) is 4.79 Å². The molecule has 3 N–H and O–H groups in total. The predicted octanol–water partition coefficient (Wildman–Crippen LogP) is 1.61. The van der Waals surface area contributed by atoms with Crippen molar-refractivity contribution in [3.8, 4) is 0 Å². The monoisotopic (exact) mass is 267 g/mol. The van der Waals surface area contributed by atoms with Gasteiger partial charge in [-0.1, -0.05) is 17.7 Å². The van der Waals surface area contributed by atoms with Crippen molar-refractivity contribution >= 4 is 29.3 Å². The van der Waals surface area contributed by atoms with E-state index in [9.17, 15) is 4.79 Å². The van der Waals surface area contributed by atoms with Crippen LogP contribution < -0.4 is 11.1 Å². The summed E-state index contributed by atoms with van der Waals surface area (Å²) < 4.78 is 0. The van der Waals surface area contributed by atoms with Gasteiger partial charge in [0.15, 0.2) is 0 Å². The number of nitrogens with two attached hydrogens (primary N) is 1. The first-order valence-electron chi connectivity index (χ1n) is 5.64. The molecule has 0 bridgehead atoms. The van der Waals surface area contributed by atoms with E-state index in [1.165, 1.54) is 6.08 Å². The van der Waals surface area contributed by atoms with Crippen LogP contribution in [0.25, 0.3) is 6.08 Å². The summed E-state index contributed by atoms with van der Waals surface area (Å²) in [6.45, 7) is 1.44. The first-order valence-corrected chi connectivity index (χ1v) is 6.02. The van der Waals surface area contributed by atoms with E-state index in [2.05, 4.69) is 5.32 Å². The number of anilines is 1. The molecule has 0 aliphatic carbocycles. The smallest absolute Gasteiger partial charge is 0.244 e. The number of halogens is 1. The summed E-state index contributed by atoms with van der Waals surface area (Å²) in [5, 5.41) is 3.30. The number of amides is 1. The molecule has 0 aliphatic rings. The van der Waals surface area contributed by atoms with Crippen LogP contribution in [0.4, 0.5) is 5.69 Å². The van der Waals surface area contributed by atoms with Gasteiger partial charge >= 0.3 is 0 Å². The molecule has 1 aromatic carbocycles. The van der Waals surface area contributed by atoms with Crippen LogP contribution in [0, 0.1) is 0 Å². The summed E-state index contributed by atoms with van der Waals surface area (Å²) in [7, 11) is 3.91. The third-order valence-electron chi connectivity index (χ3n) is 2.31. The zero-order chi connectivity index (χ0) is 13.5. The lowest BCUT2D eigenvalue weighted by atomic mass is 10.2. The zero-order valence-corrected chi connectivity index (χ0v) is 11.4. The summed E-state index contributed by atoms with van der Waals surface area (Å²) >= 11 is 5.81. The van der Waals surface area contributed by atoms with Crippen molar-refractivity contribution in [2.24, 2.45) is 0 Å². The van der Waals surface area contributed by atoms with Crippen LogP contribution in [0.3, 0.4) is 0 Å². The Morgan fingerprint density at radius 1 is 1.50 bits per heavy atom. The molecule has 4 nitrogen and oxygen atoms in total. The number of likely N-dealkylation sites (N-methyl/N-ethyl adjacent to an activating group) is 1. The average Bonchev–Trinajstić information content (AvgIpc) is 2.30. The van der Waals surface area contributed by atoms with E-state index in [1.54, 1.807) is 18.2 Å². The maximum atomic E-state index is 11.5. The summed E-state index contributed by atoms with van der Waals surface area (Å²) in [6, 6.07) is 5.24. The molecule has 0 saturated heterocycles. The van der Waals surface area contributed by atoms with Gasteiger partial charge in [0.25, 0.3) is 0 Å². The Bertz CT molecular complexity index is 444. The first kappa shape index (κ1) is 14.5. The molecular weight excluding hydrogens is 250 g/mol. The fourth-order valence-corrected chi connectivity index (χ4v) is 1.42. The van der Waals surface area contributed by atoms with Gasteiger partial charge in [-0.15, -0.1) is 0 Å². The molecule has 0 fully saturated rings. The van der Waals surface area contributed by atoms with E-state index in [0.717, 1.165) is 12.1 Å². The van der Waals surface area contributed by atoms with Crippen LogP contribution >= 0.6 is 11.6 Å². The van der Waals surface area contributed by atoms with Crippen molar-refractivity contribution in [3.05, 3.63) is 34.9 Å². The molecule has 1 aromatic rings. The van der Waals surface area contributed by atoms with Gasteiger partial charge in [0, 0.05) is 19.2 Å². The Kier molecular flexibility index (Phi) is 5.68. The topological polar surface area (TPSA) is 58.4 Å². The van der Waals surface area contributed by atoms with Gasteiger partial charge < -0.3 is 16.0 Å². The second kappa shape index (κ2) is 7.03. The Labute approximate surface area is 112 Å². The molecule has 1 rings (SSSR count). The molecule has 1 amide bonds. The van der Waals surface area contributed by atoms with Crippen molar-refractivity contribution in [1.82, 2.24) is 10.2 Å². The van der Waals surface area contributed by atoms with Crippen LogP contribution in [0.5, 0.6) is 0 Å². The van der Waals surface area contributed by atoms with E-state index in [0.29, 0.717) is 17.3 Å². The number of nitrogens with one attached hydrogen (secondary N) is 1. The van der Waals surface area contributed by atoms with E-state index in [4.69, 9.17) is 17.3 Å². The van der Waals surface area contributed by atoms with Crippen molar-refractivity contribution in [3.63, 3.8) is 0 Å². The Balaban J connectivity index is 2.48. The summed E-state index contributed by atoms with van der Waals surface area (Å²) in [5.74, 6) is -0.120. The molecular formula is C13H18ClN3O. The van der Waals surface area contributed by atoms with E-state index in [-0.39, 0.29) is 5.91 Å². The minimum atomic E-state index is -0.120. The van der Waals surface area contributed by atoms with Crippen molar-refractivity contribution in [1.29, 1.82) is 0 Å². The zero-order valence-electron chi connectivity index (χ0n) is 10.6. The highest BCUT2D eigenvalue weighted by Gasteiger charge is 1.98. The van der Waals surface area contributed by atoms with Gasteiger partial charge in [0.05, 0.1) is 10.7 Å². The largest absolute Gasteiger partial charge is 0.398 e. The normalized spacial score (nSPS) is 11.1. The maximum Gasteiger partial charge on any atom is 0.244 e. The predicted molar refractivity (Wildman–Crippen MR) is 76.5 cm³/mol. The van der Waals surface area contributed by atoms with Crippen LogP contribution in [0.1, 0.15) is 5.56 Å². The molecule has 5 heteroatoms. The second-order valence-corrected chi connectivity index (χ2v) is 4.62. The lowest BCUT2D eigenvalue weighted by molar-refractivity contribution is -0.116. The summed E-state index contributed by atoms with van der Waals surface area (Å²) in [4.78, 5) is 13.5. The van der Waals surface area contributed by atoms with Crippen LogP contribution in [-0.2, 0) is 4.79 Å². The van der Waals surface area contributed by atoms with E-state index < -0.39 is 0 Å². The number of hydrogen-bond acceptors (Lipinski definition) is 3. The highest BCUT2D eigenvalue weighted by molar-refractivity contribution is 6.33. The average molecular weight is 268 g/mol. The fraction of sp³-hybridized carbons (Fsp3) is 0.308. The molecule has 0 unspecified atom stereocenters. The molecule has 0 heterocycles. The molecule has 0 spiro atoms. The maximum absolute atomic E-state index is 11.5. The van der Waals surface area contributed by atoms with Crippen molar-refractivity contribution in [2.45, 2.75) is 0 Å². The van der Waals surface area contributed by atoms with Crippen molar-refractivity contribution in [2.75, 3.05) is 32.9 Å². The number of benzene rings is 1. The molecule has 0 aromatic heterocycles. The molecule has 0 radical (unpaired) electrons. The molecule has 0 atom stereocenters. The Morgan fingerprint density at radius 3 is 2.83 bits per heavy atom. The molecule has 18 heavy (non-hydrogen) atoms. The van der Waals surface area contributed by atoms with Gasteiger partial charge in [-0.05, 0) is 37.9 Å². The summed E-state index contributed by atoms with van der Waals surface area (Å²) in [5.41, 5.74) is 7.02. The lowest BCUT2D eigenvalue weighted by Gasteiger charge is -2.08. The summed E-state index contributed by atoms with van der Waals surface area (Å²) in [6.07, 6.45) is 3.19. The Morgan fingerprint density at radius 2 is 2.22 bits per heavy atom. The Hall–Kier alpha value is -1.52. The second-order valence-electron chi connectivity index (χ2n) is 4.21. The van der Waals surface area contributed by atoms with Gasteiger partial charge in [-0.25, -0.2) is 0 Å². The number of carbonyl (C=O) groups is 1. The first-order chi connectivity index (χ1) is 8.49. The van der Waals surface area contributed by atoms with E-state index >= 15 is 0 Å². The number of rotatable bonds is 5. The van der Waals surface area contributed by atoms with Crippen molar-refractivity contribution < 1.29 is 4.79 Å². The minimum Gasteiger partial charge on any atom is -0.398 e. The number of hydrogen-bond donors (Lipinski definition) is 2. The SMILES string of the molecule is CN(C)CCNC(=O)/C=C/c1ccc(Cl)c(N)c1. The lowest BCUT2D eigenvalue weighted by Crippen LogP contribution is -2.30. The number of nitrogens with zero attached hydrogens (tertiary/aromatic N) is 1.